The third-order valence-corrected chi connectivity index (χ3v) is 1.93. The first-order chi connectivity index (χ1) is 6.63. The van der Waals surface area contributed by atoms with Crippen LogP contribution in [-0.4, -0.2) is 18.1 Å². The van der Waals surface area contributed by atoms with E-state index in [0.29, 0.717) is 5.69 Å². The lowest BCUT2D eigenvalue weighted by Crippen LogP contribution is -2.17. The standard InChI is InChI=1S/C10H14N2O2/c1-7-3-4-9(12-6-7)8(11)5-10(13)14-2/h3-4,6,8H,5,11H2,1-2H3/t8-/m1/s1. The lowest BCUT2D eigenvalue weighted by molar-refractivity contribution is -0.141. The number of ether oxygens (including phenoxy) is 1. The third kappa shape index (κ3) is 2.81. The molecule has 0 aliphatic carbocycles. The molecule has 4 nitrogen and oxygen atoms in total. The molecule has 4 heteroatoms. The Bertz CT molecular complexity index is 308. The van der Waals surface area contributed by atoms with Gasteiger partial charge >= 0.3 is 5.97 Å². The predicted molar refractivity (Wildman–Crippen MR) is 52.5 cm³/mol. The van der Waals surface area contributed by atoms with Crippen molar-refractivity contribution < 1.29 is 9.53 Å². The van der Waals surface area contributed by atoms with Gasteiger partial charge in [-0.25, -0.2) is 0 Å². The van der Waals surface area contributed by atoms with E-state index in [2.05, 4.69) is 9.72 Å². The maximum absolute atomic E-state index is 10.9. The molecule has 0 aliphatic heterocycles. The van der Waals surface area contributed by atoms with Gasteiger partial charge in [-0.05, 0) is 18.6 Å². The van der Waals surface area contributed by atoms with Gasteiger partial charge in [-0.2, -0.15) is 0 Å². The van der Waals surface area contributed by atoms with Crippen LogP contribution in [0.25, 0.3) is 0 Å². The molecule has 0 amide bonds. The van der Waals surface area contributed by atoms with Crippen molar-refractivity contribution in [3.05, 3.63) is 29.6 Å². The summed E-state index contributed by atoms with van der Waals surface area (Å²) in [4.78, 5) is 15.1. The average Bonchev–Trinajstić information content (AvgIpc) is 2.18. The number of aryl methyl sites for hydroxylation is 1. The average molecular weight is 194 g/mol. The molecule has 1 aromatic rings. The molecule has 0 saturated heterocycles. The molecule has 0 radical (unpaired) electrons. The van der Waals surface area contributed by atoms with Crippen molar-refractivity contribution >= 4 is 5.97 Å². The summed E-state index contributed by atoms with van der Waals surface area (Å²) < 4.78 is 4.52. The van der Waals surface area contributed by atoms with Crippen LogP contribution in [0.1, 0.15) is 23.7 Å². The highest BCUT2D eigenvalue weighted by atomic mass is 16.5. The van der Waals surface area contributed by atoms with E-state index in [1.807, 2.05) is 19.1 Å². The normalized spacial score (nSPS) is 12.2. The molecule has 0 fully saturated rings. The summed E-state index contributed by atoms with van der Waals surface area (Å²) in [6.45, 7) is 1.95. The molecule has 1 atom stereocenters. The van der Waals surface area contributed by atoms with Gasteiger partial charge in [-0.15, -0.1) is 0 Å². The van der Waals surface area contributed by atoms with Crippen LogP contribution in [0.15, 0.2) is 18.3 Å². The van der Waals surface area contributed by atoms with Crippen molar-refractivity contribution in [3.63, 3.8) is 0 Å². The highest BCUT2D eigenvalue weighted by Gasteiger charge is 2.12. The van der Waals surface area contributed by atoms with Crippen LogP contribution >= 0.6 is 0 Å². The lowest BCUT2D eigenvalue weighted by Gasteiger charge is -2.09. The van der Waals surface area contributed by atoms with Gasteiger partial charge in [0.25, 0.3) is 0 Å². The Morgan fingerprint density at radius 1 is 1.64 bits per heavy atom. The Kier molecular flexibility index (Phi) is 3.59. The molecule has 14 heavy (non-hydrogen) atoms. The molecule has 1 heterocycles. The minimum absolute atomic E-state index is 0.159. The molecular formula is C10H14N2O2. The maximum Gasteiger partial charge on any atom is 0.307 e. The summed E-state index contributed by atoms with van der Waals surface area (Å²) >= 11 is 0. The number of hydrogen-bond donors (Lipinski definition) is 1. The van der Waals surface area contributed by atoms with Gasteiger partial charge in [-0.1, -0.05) is 6.07 Å². The predicted octanol–water partition coefficient (Wildman–Crippen LogP) is 0.953. The van der Waals surface area contributed by atoms with E-state index >= 15 is 0 Å². The maximum atomic E-state index is 10.9. The monoisotopic (exact) mass is 194 g/mol. The topological polar surface area (TPSA) is 65.2 Å². The van der Waals surface area contributed by atoms with E-state index in [1.165, 1.54) is 7.11 Å². The summed E-state index contributed by atoms with van der Waals surface area (Å²) in [6, 6.07) is 3.35. The van der Waals surface area contributed by atoms with Crippen molar-refractivity contribution in [2.45, 2.75) is 19.4 Å². The molecule has 76 valence electrons. The second-order valence-electron chi connectivity index (χ2n) is 3.15. The molecule has 0 saturated carbocycles. The van der Waals surface area contributed by atoms with E-state index in [0.717, 1.165) is 5.56 Å². The van der Waals surface area contributed by atoms with Gasteiger partial charge in [-0.3, -0.25) is 9.78 Å². The van der Waals surface area contributed by atoms with E-state index < -0.39 is 0 Å². The Labute approximate surface area is 83.1 Å². The first-order valence-corrected chi connectivity index (χ1v) is 4.38. The minimum atomic E-state index is -0.386. The van der Waals surface area contributed by atoms with E-state index in [4.69, 9.17) is 5.73 Å². The quantitative estimate of drug-likeness (QED) is 0.727. The van der Waals surface area contributed by atoms with Crippen molar-refractivity contribution in [2.75, 3.05) is 7.11 Å². The van der Waals surface area contributed by atoms with Crippen molar-refractivity contribution in [2.24, 2.45) is 5.73 Å². The molecule has 0 unspecified atom stereocenters. The Morgan fingerprint density at radius 2 is 2.36 bits per heavy atom. The summed E-state index contributed by atoms with van der Waals surface area (Å²) in [6.07, 6.45) is 1.89. The fourth-order valence-corrected chi connectivity index (χ4v) is 1.07. The largest absolute Gasteiger partial charge is 0.469 e. The van der Waals surface area contributed by atoms with Gasteiger partial charge in [0.05, 0.1) is 25.3 Å². The van der Waals surface area contributed by atoms with E-state index in [9.17, 15) is 4.79 Å². The number of methoxy groups -OCH3 is 1. The fourth-order valence-electron chi connectivity index (χ4n) is 1.07. The van der Waals surface area contributed by atoms with Gasteiger partial charge in [0, 0.05) is 6.20 Å². The molecule has 1 rings (SSSR count). The van der Waals surface area contributed by atoms with Crippen molar-refractivity contribution in [1.82, 2.24) is 4.98 Å². The molecule has 0 spiro atoms. The summed E-state index contributed by atoms with van der Waals surface area (Å²) in [5, 5.41) is 0. The number of rotatable bonds is 3. The molecule has 0 aliphatic rings. The number of hydrogen-bond acceptors (Lipinski definition) is 4. The van der Waals surface area contributed by atoms with Crippen LogP contribution in [0.3, 0.4) is 0 Å². The second kappa shape index (κ2) is 4.72. The smallest absolute Gasteiger partial charge is 0.307 e. The number of nitrogens with zero attached hydrogens (tertiary/aromatic N) is 1. The van der Waals surface area contributed by atoms with Gasteiger partial charge in [0.15, 0.2) is 0 Å². The Balaban J connectivity index is 2.65. The molecule has 1 aromatic heterocycles. The molecule has 0 aromatic carbocycles. The van der Waals surface area contributed by atoms with Crippen LogP contribution < -0.4 is 5.73 Å². The van der Waals surface area contributed by atoms with Gasteiger partial charge in [0.1, 0.15) is 0 Å². The Morgan fingerprint density at radius 3 is 2.86 bits per heavy atom. The first-order valence-electron chi connectivity index (χ1n) is 4.38. The third-order valence-electron chi connectivity index (χ3n) is 1.93. The number of nitrogens with two attached hydrogens (primary N) is 1. The van der Waals surface area contributed by atoms with E-state index in [1.54, 1.807) is 6.20 Å². The fraction of sp³-hybridized carbons (Fsp3) is 0.400. The van der Waals surface area contributed by atoms with Crippen LogP contribution in [0, 0.1) is 6.92 Å². The number of aromatic nitrogens is 1. The summed E-state index contributed by atoms with van der Waals surface area (Å²) in [5.74, 6) is -0.320. The van der Waals surface area contributed by atoms with Crippen molar-refractivity contribution in [1.29, 1.82) is 0 Å². The van der Waals surface area contributed by atoms with Crippen molar-refractivity contribution in [3.8, 4) is 0 Å². The van der Waals surface area contributed by atoms with Crippen LogP contribution in [-0.2, 0) is 9.53 Å². The zero-order valence-corrected chi connectivity index (χ0v) is 8.36. The second-order valence-corrected chi connectivity index (χ2v) is 3.15. The zero-order valence-electron chi connectivity index (χ0n) is 8.36. The molecule has 0 bridgehead atoms. The number of esters is 1. The SMILES string of the molecule is COC(=O)C[C@@H](N)c1ccc(C)cn1. The highest BCUT2D eigenvalue weighted by molar-refractivity contribution is 5.70. The van der Waals surface area contributed by atoms with Crippen LogP contribution in [0.5, 0.6) is 0 Å². The zero-order chi connectivity index (χ0) is 10.6. The molecular weight excluding hydrogens is 180 g/mol. The van der Waals surface area contributed by atoms with E-state index in [-0.39, 0.29) is 18.4 Å². The van der Waals surface area contributed by atoms with Crippen LogP contribution in [0.4, 0.5) is 0 Å². The summed E-state index contributed by atoms with van der Waals surface area (Å²) in [5.41, 5.74) is 7.54. The van der Waals surface area contributed by atoms with Crippen LogP contribution in [0.2, 0.25) is 0 Å². The highest BCUT2D eigenvalue weighted by Crippen LogP contribution is 2.11. The number of carbonyl (C=O) groups is 1. The molecule has 2 N–H and O–H groups in total. The number of pyridine rings is 1. The minimum Gasteiger partial charge on any atom is -0.469 e. The lowest BCUT2D eigenvalue weighted by atomic mass is 10.1. The van der Waals surface area contributed by atoms with Gasteiger partial charge in [0.2, 0.25) is 0 Å². The summed E-state index contributed by atoms with van der Waals surface area (Å²) in [7, 11) is 1.34. The number of carbonyl (C=O) groups excluding carboxylic acids is 1. The van der Waals surface area contributed by atoms with Gasteiger partial charge < -0.3 is 10.5 Å². The first kappa shape index (κ1) is 10.7. The Hall–Kier alpha value is -1.42.